The van der Waals surface area contributed by atoms with Gasteiger partial charge in [0.05, 0.1) is 11.4 Å². The maximum absolute atomic E-state index is 6.42. The first-order valence-electron chi connectivity index (χ1n) is 14.3. The molecule has 0 bridgehead atoms. The van der Waals surface area contributed by atoms with Crippen LogP contribution in [0.2, 0.25) is 0 Å². The Hall–Kier alpha value is -5.60. The number of rotatable bonds is 5. The van der Waals surface area contributed by atoms with Gasteiger partial charge < -0.3 is 9.32 Å². The lowest BCUT2D eigenvalue weighted by Crippen LogP contribution is -2.12. The lowest BCUT2D eigenvalue weighted by molar-refractivity contribution is 0.631. The number of furan rings is 1. The molecule has 198 valence electrons. The number of benzene rings is 7. The molecule has 0 spiro atoms. The quantitative estimate of drug-likeness (QED) is 0.203. The van der Waals surface area contributed by atoms with Crippen LogP contribution in [0.15, 0.2) is 168 Å². The monoisotopic (exact) mass is 537 g/mol. The molecular formula is C40H27NO. The summed E-state index contributed by atoms with van der Waals surface area (Å²) in [6.07, 6.45) is 0. The van der Waals surface area contributed by atoms with E-state index in [4.69, 9.17) is 4.42 Å². The predicted octanol–water partition coefficient (Wildman–Crippen LogP) is 11.5. The molecule has 0 amide bonds. The van der Waals surface area contributed by atoms with Gasteiger partial charge in [0.1, 0.15) is 11.3 Å². The summed E-state index contributed by atoms with van der Waals surface area (Å²) >= 11 is 0. The SMILES string of the molecule is c1ccc(-c2ccc(N(c3ccccc3-c3cc4ccccc4o3)c3cc4ccccc4c4ccccc34)cc2)cc1. The van der Waals surface area contributed by atoms with E-state index >= 15 is 0 Å². The average Bonchev–Trinajstić information content (AvgIpc) is 3.50. The van der Waals surface area contributed by atoms with Crippen LogP contribution < -0.4 is 4.90 Å². The second-order valence-electron chi connectivity index (χ2n) is 10.6. The Bertz CT molecular complexity index is 2160. The average molecular weight is 538 g/mol. The van der Waals surface area contributed by atoms with E-state index in [0.717, 1.165) is 39.4 Å². The van der Waals surface area contributed by atoms with Crippen LogP contribution in [0.25, 0.3) is 55.0 Å². The van der Waals surface area contributed by atoms with E-state index in [1.54, 1.807) is 0 Å². The van der Waals surface area contributed by atoms with E-state index < -0.39 is 0 Å². The maximum atomic E-state index is 6.42. The standard InChI is InChI=1S/C40H27NO/c1-2-12-28(13-3-1)29-22-24-32(25-23-29)41(38-26-30-14-4-6-16-33(30)34-17-7-8-18-35(34)38)37-20-10-9-19-36(37)40-27-31-15-5-11-21-39(31)42-40/h1-27H. The van der Waals surface area contributed by atoms with Crippen molar-refractivity contribution in [3.63, 3.8) is 0 Å². The number of anilines is 3. The summed E-state index contributed by atoms with van der Waals surface area (Å²) in [4.78, 5) is 2.38. The van der Waals surface area contributed by atoms with Crippen molar-refractivity contribution in [3.8, 4) is 22.5 Å². The van der Waals surface area contributed by atoms with Crippen molar-refractivity contribution in [2.75, 3.05) is 4.90 Å². The maximum Gasteiger partial charge on any atom is 0.137 e. The Morgan fingerprint density at radius 3 is 1.83 bits per heavy atom. The minimum absolute atomic E-state index is 0.850. The first-order valence-corrected chi connectivity index (χ1v) is 14.3. The van der Waals surface area contributed by atoms with E-state index in [2.05, 4.69) is 157 Å². The highest BCUT2D eigenvalue weighted by Gasteiger charge is 2.21. The van der Waals surface area contributed by atoms with Crippen molar-refractivity contribution in [2.24, 2.45) is 0 Å². The lowest BCUT2D eigenvalue weighted by Gasteiger charge is -2.29. The molecule has 8 rings (SSSR count). The minimum Gasteiger partial charge on any atom is -0.456 e. The van der Waals surface area contributed by atoms with E-state index in [-0.39, 0.29) is 0 Å². The van der Waals surface area contributed by atoms with E-state index in [1.807, 2.05) is 12.1 Å². The minimum atomic E-state index is 0.850. The Morgan fingerprint density at radius 2 is 1.02 bits per heavy atom. The van der Waals surface area contributed by atoms with Crippen LogP contribution in [-0.4, -0.2) is 0 Å². The van der Waals surface area contributed by atoms with Gasteiger partial charge in [-0.05, 0) is 69.8 Å². The summed E-state index contributed by atoms with van der Waals surface area (Å²) in [5.41, 5.74) is 7.58. The summed E-state index contributed by atoms with van der Waals surface area (Å²) in [6.45, 7) is 0. The van der Waals surface area contributed by atoms with Gasteiger partial charge in [-0.1, -0.05) is 121 Å². The second-order valence-corrected chi connectivity index (χ2v) is 10.6. The molecule has 0 unspecified atom stereocenters. The fraction of sp³-hybridized carbons (Fsp3) is 0. The zero-order valence-corrected chi connectivity index (χ0v) is 22.9. The zero-order valence-electron chi connectivity index (χ0n) is 22.9. The Kier molecular flexibility index (Phi) is 5.82. The Balaban J connectivity index is 1.39. The zero-order chi connectivity index (χ0) is 27.9. The van der Waals surface area contributed by atoms with Crippen LogP contribution in [0.3, 0.4) is 0 Å². The number of hydrogen-bond donors (Lipinski definition) is 0. The lowest BCUT2D eigenvalue weighted by atomic mass is 9.98. The largest absolute Gasteiger partial charge is 0.456 e. The summed E-state index contributed by atoms with van der Waals surface area (Å²) in [7, 11) is 0. The molecule has 2 nitrogen and oxygen atoms in total. The third-order valence-electron chi connectivity index (χ3n) is 8.06. The molecule has 0 saturated heterocycles. The van der Waals surface area contributed by atoms with E-state index in [9.17, 15) is 0 Å². The van der Waals surface area contributed by atoms with Crippen LogP contribution in [0.4, 0.5) is 17.1 Å². The molecule has 1 aromatic heterocycles. The number of hydrogen-bond acceptors (Lipinski definition) is 2. The van der Waals surface area contributed by atoms with Crippen molar-refractivity contribution >= 4 is 49.6 Å². The molecule has 8 aromatic rings. The van der Waals surface area contributed by atoms with Gasteiger partial charge >= 0.3 is 0 Å². The summed E-state index contributed by atoms with van der Waals surface area (Å²) in [6, 6.07) is 57.9. The van der Waals surface area contributed by atoms with Gasteiger partial charge in [-0.25, -0.2) is 0 Å². The predicted molar refractivity (Wildman–Crippen MR) is 177 cm³/mol. The van der Waals surface area contributed by atoms with Crippen molar-refractivity contribution in [1.82, 2.24) is 0 Å². The highest BCUT2D eigenvalue weighted by molar-refractivity contribution is 6.15. The molecule has 0 aliphatic carbocycles. The van der Waals surface area contributed by atoms with Crippen LogP contribution in [0, 0.1) is 0 Å². The normalized spacial score (nSPS) is 11.3. The molecule has 0 aliphatic heterocycles. The van der Waals surface area contributed by atoms with Gasteiger partial charge in [-0.2, -0.15) is 0 Å². The van der Waals surface area contributed by atoms with Gasteiger partial charge in [0.25, 0.3) is 0 Å². The third kappa shape index (κ3) is 4.13. The molecule has 0 radical (unpaired) electrons. The highest BCUT2D eigenvalue weighted by Crippen LogP contribution is 2.46. The van der Waals surface area contributed by atoms with E-state index in [1.165, 1.54) is 32.7 Å². The molecule has 0 fully saturated rings. The topological polar surface area (TPSA) is 16.4 Å². The van der Waals surface area contributed by atoms with E-state index in [0.29, 0.717) is 0 Å². The molecule has 0 aliphatic rings. The van der Waals surface area contributed by atoms with Gasteiger partial charge in [-0.3, -0.25) is 0 Å². The summed E-state index contributed by atoms with van der Waals surface area (Å²) in [5.74, 6) is 0.850. The summed E-state index contributed by atoms with van der Waals surface area (Å²) < 4.78 is 6.42. The first kappa shape index (κ1) is 24.2. The van der Waals surface area contributed by atoms with Gasteiger partial charge in [-0.15, -0.1) is 0 Å². The van der Waals surface area contributed by atoms with Crippen LogP contribution in [0.1, 0.15) is 0 Å². The molecule has 1 heterocycles. The van der Waals surface area contributed by atoms with Crippen molar-refractivity contribution in [2.45, 2.75) is 0 Å². The molecule has 7 aromatic carbocycles. The second kappa shape index (κ2) is 10.1. The Labute approximate surface area is 244 Å². The molecule has 42 heavy (non-hydrogen) atoms. The van der Waals surface area contributed by atoms with Gasteiger partial charge in [0.15, 0.2) is 0 Å². The van der Waals surface area contributed by atoms with Crippen LogP contribution in [-0.2, 0) is 0 Å². The fourth-order valence-corrected chi connectivity index (χ4v) is 6.05. The number of fused-ring (bicyclic) bond motifs is 4. The molecule has 0 N–H and O–H groups in total. The molecule has 2 heteroatoms. The Morgan fingerprint density at radius 1 is 0.405 bits per heavy atom. The summed E-state index contributed by atoms with van der Waals surface area (Å²) in [5, 5.41) is 5.98. The fourth-order valence-electron chi connectivity index (χ4n) is 6.05. The van der Waals surface area contributed by atoms with Crippen LogP contribution >= 0.6 is 0 Å². The smallest absolute Gasteiger partial charge is 0.137 e. The van der Waals surface area contributed by atoms with Crippen molar-refractivity contribution in [1.29, 1.82) is 0 Å². The van der Waals surface area contributed by atoms with Gasteiger partial charge in [0, 0.05) is 22.0 Å². The highest BCUT2D eigenvalue weighted by atomic mass is 16.3. The van der Waals surface area contributed by atoms with Crippen molar-refractivity contribution in [3.05, 3.63) is 164 Å². The van der Waals surface area contributed by atoms with Crippen LogP contribution in [0.5, 0.6) is 0 Å². The third-order valence-corrected chi connectivity index (χ3v) is 8.06. The number of para-hydroxylation sites is 2. The first-order chi connectivity index (χ1) is 20.8. The number of nitrogens with zero attached hydrogens (tertiary/aromatic N) is 1. The molecular weight excluding hydrogens is 510 g/mol. The van der Waals surface area contributed by atoms with Gasteiger partial charge in [0.2, 0.25) is 0 Å². The molecule has 0 saturated carbocycles. The molecule has 0 atom stereocenters. The van der Waals surface area contributed by atoms with Crippen molar-refractivity contribution < 1.29 is 4.42 Å².